The molecule has 3 aromatic rings. The Balaban J connectivity index is 1.46. The van der Waals surface area contributed by atoms with Crippen molar-refractivity contribution in [2.24, 2.45) is 5.92 Å². The average Bonchev–Trinajstić information content (AvgIpc) is 3.40. The van der Waals surface area contributed by atoms with Crippen molar-refractivity contribution in [1.82, 2.24) is 9.47 Å². The molecule has 0 saturated carbocycles. The van der Waals surface area contributed by atoms with Gasteiger partial charge in [0.2, 0.25) is 17.7 Å². The van der Waals surface area contributed by atoms with Crippen molar-refractivity contribution in [3.05, 3.63) is 74.2 Å². The highest BCUT2D eigenvalue weighted by Crippen LogP contribution is 2.55. The normalized spacial score (nSPS) is 22.6. The van der Waals surface area contributed by atoms with Crippen LogP contribution in [-0.2, 0) is 20.9 Å². The molecule has 8 nitrogen and oxygen atoms in total. The molecule has 2 fully saturated rings. The molecular formula is C29H29N3O5S2. The molecule has 0 radical (unpaired) electrons. The van der Waals surface area contributed by atoms with Crippen LogP contribution in [0.2, 0.25) is 0 Å². The third kappa shape index (κ3) is 4.39. The number of aromatic nitrogens is 1. The number of piperidine rings is 1. The number of amides is 3. The number of rotatable bonds is 5. The average molecular weight is 564 g/mol. The largest absolute Gasteiger partial charge is 0.496 e. The van der Waals surface area contributed by atoms with Crippen molar-refractivity contribution in [3.8, 4) is 5.75 Å². The van der Waals surface area contributed by atoms with Crippen molar-refractivity contribution >= 4 is 46.5 Å². The minimum Gasteiger partial charge on any atom is -0.496 e. The first-order valence-corrected chi connectivity index (χ1v) is 14.8. The fourth-order valence-electron chi connectivity index (χ4n) is 5.84. The van der Waals surface area contributed by atoms with Gasteiger partial charge in [0.15, 0.2) is 0 Å². The van der Waals surface area contributed by atoms with Gasteiger partial charge in [0.25, 0.3) is 0 Å². The van der Waals surface area contributed by atoms with Gasteiger partial charge in [-0.1, -0.05) is 59.0 Å². The van der Waals surface area contributed by atoms with E-state index in [9.17, 15) is 19.2 Å². The molecule has 3 atom stereocenters. The lowest BCUT2D eigenvalue weighted by Gasteiger charge is -2.32. The number of carbonyl (C=O) groups excluding carboxylic acids is 3. The number of hydrogen-bond donors (Lipinski definition) is 0. The van der Waals surface area contributed by atoms with Gasteiger partial charge in [-0.3, -0.25) is 23.7 Å². The van der Waals surface area contributed by atoms with E-state index in [0.29, 0.717) is 34.4 Å². The summed E-state index contributed by atoms with van der Waals surface area (Å²) in [4.78, 5) is 57.9. The fraction of sp³-hybridized carbons (Fsp3) is 0.379. The van der Waals surface area contributed by atoms with E-state index in [2.05, 4.69) is 0 Å². The smallest absolute Gasteiger partial charge is 0.308 e. The summed E-state index contributed by atoms with van der Waals surface area (Å²) in [6.45, 7) is 3.27. The second-order valence-corrected chi connectivity index (χ2v) is 12.3. The summed E-state index contributed by atoms with van der Waals surface area (Å²) in [6, 6.07) is 14.8. The Morgan fingerprint density at radius 3 is 2.41 bits per heavy atom. The van der Waals surface area contributed by atoms with Gasteiger partial charge in [-0.2, -0.15) is 0 Å². The number of nitrogens with zero attached hydrogens (tertiary/aromatic N) is 3. The van der Waals surface area contributed by atoms with Crippen LogP contribution in [0.4, 0.5) is 5.69 Å². The minimum atomic E-state index is -0.730. The van der Waals surface area contributed by atoms with Crippen molar-refractivity contribution < 1.29 is 19.1 Å². The highest BCUT2D eigenvalue weighted by Gasteiger charge is 2.57. The van der Waals surface area contributed by atoms with E-state index in [-0.39, 0.29) is 29.1 Å². The SMILES string of the molecule is COc1ccccc1[C@@H]1c2sc(=O)n(CC(=O)N3CCCCC3)c2S[C@H]2C(=O)N(c3ccc(C)cc3)C(=O)[C@@H]12. The first kappa shape index (κ1) is 25.9. The molecule has 0 spiro atoms. The Morgan fingerprint density at radius 1 is 0.974 bits per heavy atom. The molecule has 0 bridgehead atoms. The Kier molecular flexibility index (Phi) is 6.84. The van der Waals surface area contributed by atoms with Gasteiger partial charge >= 0.3 is 4.87 Å². The lowest BCUT2D eigenvalue weighted by atomic mass is 9.82. The molecule has 0 unspecified atom stereocenters. The predicted molar refractivity (Wildman–Crippen MR) is 151 cm³/mol. The number of thiazole rings is 1. The number of methoxy groups -OCH3 is 1. The first-order chi connectivity index (χ1) is 18.9. The topological polar surface area (TPSA) is 88.9 Å². The molecule has 3 aliphatic rings. The number of anilines is 1. The van der Waals surface area contributed by atoms with Crippen LogP contribution in [0.5, 0.6) is 5.75 Å². The van der Waals surface area contributed by atoms with Gasteiger partial charge < -0.3 is 9.64 Å². The molecule has 3 aliphatic heterocycles. The van der Waals surface area contributed by atoms with E-state index in [0.717, 1.165) is 41.7 Å². The van der Waals surface area contributed by atoms with Crippen LogP contribution < -0.4 is 14.5 Å². The van der Waals surface area contributed by atoms with E-state index < -0.39 is 17.1 Å². The number of likely N-dealkylation sites (tertiary alicyclic amines) is 1. The number of hydrogen-bond acceptors (Lipinski definition) is 7. The van der Waals surface area contributed by atoms with Crippen molar-refractivity contribution in [1.29, 1.82) is 0 Å². The summed E-state index contributed by atoms with van der Waals surface area (Å²) in [5.74, 6) is -1.37. The molecule has 10 heteroatoms. The predicted octanol–water partition coefficient (Wildman–Crippen LogP) is 4.04. The molecule has 39 heavy (non-hydrogen) atoms. The van der Waals surface area contributed by atoms with E-state index in [1.54, 1.807) is 19.2 Å². The van der Waals surface area contributed by atoms with Crippen LogP contribution in [0.15, 0.2) is 58.4 Å². The highest BCUT2D eigenvalue weighted by atomic mass is 32.2. The van der Waals surface area contributed by atoms with Gasteiger partial charge in [0, 0.05) is 29.4 Å². The quantitative estimate of drug-likeness (QED) is 0.436. The van der Waals surface area contributed by atoms with Crippen molar-refractivity contribution in [2.45, 2.75) is 48.9 Å². The van der Waals surface area contributed by atoms with E-state index in [1.807, 2.05) is 48.2 Å². The first-order valence-electron chi connectivity index (χ1n) is 13.1. The summed E-state index contributed by atoms with van der Waals surface area (Å²) in [7, 11) is 1.57. The van der Waals surface area contributed by atoms with Crippen LogP contribution >= 0.6 is 23.1 Å². The maximum atomic E-state index is 14.0. The Morgan fingerprint density at radius 2 is 1.69 bits per heavy atom. The van der Waals surface area contributed by atoms with Crippen molar-refractivity contribution in [2.75, 3.05) is 25.1 Å². The third-order valence-electron chi connectivity index (χ3n) is 7.82. The Hall–Kier alpha value is -3.37. The number of ether oxygens (including phenoxy) is 1. The van der Waals surface area contributed by atoms with Crippen molar-refractivity contribution in [3.63, 3.8) is 0 Å². The number of carbonyl (C=O) groups is 3. The highest BCUT2D eigenvalue weighted by molar-refractivity contribution is 8.00. The van der Waals surface area contributed by atoms with E-state index >= 15 is 0 Å². The van der Waals surface area contributed by atoms with Crippen LogP contribution in [0, 0.1) is 12.8 Å². The summed E-state index contributed by atoms with van der Waals surface area (Å²) < 4.78 is 7.18. The van der Waals surface area contributed by atoms with Crippen LogP contribution in [0.25, 0.3) is 0 Å². The Labute approximate surface area is 234 Å². The maximum absolute atomic E-state index is 14.0. The van der Waals surface area contributed by atoms with Gasteiger partial charge in [-0.05, 0) is 44.4 Å². The second-order valence-electron chi connectivity index (χ2n) is 10.2. The molecule has 2 aromatic carbocycles. The molecule has 2 saturated heterocycles. The lowest BCUT2D eigenvalue weighted by molar-refractivity contribution is -0.133. The standard InChI is InChI=1S/C29H29N3O5S2/c1-17-10-12-18(13-11-17)32-26(34)23-22(19-8-4-5-9-20(19)37-2)25-28(38-24(23)27(32)35)31(29(36)39-25)16-21(33)30-14-6-3-7-15-30/h4-5,8-13,22-24H,3,6-7,14-16H2,1-2H3/t22-,23-,24+/m0/s1. The monoisotopic (exact) mass is 563 g/mol. The Bertz CT molecular complexity index is 1510. The molecule has 3 amide bonds. The fourth-order valence-corrected chi connectivity index (χ4v) is 8.60. The van der Waals surface area contributed by atoms with Crippen LogP contribution in [-0.4, -0.2) is 52.6 Å². The number of benzene rings is 2. The second kappa shape index (κ2) is 10.3. The van der Waals surface area contributed by atoms with Gasteiger partial charge in [-0.25, -0.2) is 4.90 Å². The van der Waals surface area contributed by atoms with E-state index in [4.69, 9.17) is 4.74 Å². The third-order valence-corrected chi connectivity index (χ3v) is 10.4. The maximum Gasteiger partial charge on any atom is 0.308 e. The number of thioether (sulfide) groups is 1. The molecule has 4 heterocycles. The molecule has 1 aromatic heterocycles. The zero-order valence-corrected chi connectivity index (χ0v) is 23.4. The summed E-state index contributed by atoms with van der Waals surface area (Å²) in [6.07, 6.45) is 3.02. The minimum absolute atomic E-state index is 0.0719. The van der Waals surface area contributed by atoms with Gasteiger partial charge in [-0.15, -0.1) is 0 Å². The zero-order valence-electron chi connectivity index (χ0n) is 21.8. The molecule has 6 rings (SSSR count). The summed E-state index contributed by atoms with van der Waals surface area (Å²) in [5.41, 5.74) is 2.31. The van der Waals surface area contributed by atoms with Crippen LogP contribution in [0.1, 0.15) is 41.2 Å². The van der Waals surface area contributed by atoms with Gasteiger partial charge in [0.05, 0.1) is 23.7 Å². The van der Waals surface area contributed by atoms with Gasteiger partial charge in [0.1, 0.15) is 17.5 Å². The van der Waals surface area contributed by atoms with Crippen LogP contribution in [0.3, 0.4) is 0 Å². The number of imide groups is 1. The van der Waals surface area contributed by atoms with E-state index in [1.165, 1.54) is 21.2 Å². The lowest BCUT2D eigenvalue weighted by Crippen LogP contribution is -2.39. The number of fused-ring (bicyclic) bond motifs is 2. The molecule has 202 valence electrons. The summed E-state index contributed by atoms with van der Waals surface area (Å²) >= 11 is 2.30. The molecule has 0 aliphatic carbocycles. The zero-order chi connectivity index (χ0) is 27.3. The number of para-hydroxylation sites is 1. The molecule has 0 N–H and O–H groups in total. The summed E-state index contributed by atoms with van der Waals surface area (Å²) in [5, 5.41) is -0.133. The molecular weight excluding hydrogens is 534 g/mol. The number of aryl methyl sites for hydroxylation is 1.